The van der Waals surface area contributed by atoms with Crippen molar-refractivity contribution < 1.29 is 5.11 Å². The molecule has 1 nitrogen and oxygen atoms in total. The Kier molecular flexibility index (Phi) is 1.98. The molecule has 0 amide bonds. The van der Waals surface area contributed by atoms with E-state index in [0.717, 1.165) is 4.47 Å². The number of halogens is 2. The molecule has 0 saturated carbocycles. The van der Waals surface area contributed by atoms with Crippen molar-refractivity contribution in [2.75, 3.05) is 0 Å². The Bertz CT molecular complexity index is 224. The Morgan fingerprint density at radius 1 is 1.44 bits per heavy atom. The van der Waals surface area contributed by atoms with Gasteiger partial charge in [-0.1, -0.05) is 11.6 Å². The van der Waals surface area contributed by atoms with E-state index in [1.54, 1.807) is 6.07 Å². The molecule has 1 rings (SSSR count). The second-order valence-corrected chi connectivity index (χ2v) is 2.84. The third-order valence-electron chi connectivity index (χ3n) is 0.891. The molecule has 1 aromatic carbocycles. The van der Waals surface area contributed by atoms with Crippen molar-refractivity contribution in [2.24, 2.45) is 0 Å². The van der Waals surface area contributed by atoms with Gasteiger partial charge in [-0.2, -0.15) is 0 Å². The molecule has 0 aromatic heterocycles. The average molecular weight is 206 g/mol. The van der Waals surface area contributed by atoms with Gasteiger partial charge in [0.1, 0.15) is 0 Å². The van der Waals surface area contributed by atoms with Crippen LogP contribution < -0.4 is 0 Å². The smallest absolute Gasteiger partial charge is 0.180 e. The fraction of sp³-hybridized carbons (Fsp3) is 0. The number of hydrogen-bond donors (Lipinski definition) is 0. The Morgan fingerprint density at radius 2 is 2.11 bits per heavy atom. The molecule has 1 radical (unpaired) electrons. The molecule has 0 N–H and O–H groups in total. The molecule has 3 heteroatoms. The zero-order chi connectivity index (χ0) is 6.85. The molecule has 47 valence electrons. The van der Waals surface area contributed by atoms with Crippen LogP contribution in [0.1, 0.15) is 0 Å². The Balaban J connectivity index is 3.17. The summed E-state index contributed by atoms with van der Waals surface area (Å²) < 4.78 is 0.753. The van der Waals surface area contributed by atoms with Crippen molar-refractivity contribution in [3.8, 4) is 5.75 Å². The summed E-state index contributed by atoms with van der Waals surface area (Å²) in [5, 5.41) is 11.0. The van der Waals surface area contributed by atoms with Crippen molar-refractivity contribution >= 4 is 27.5 Å². The predicted octanol–water partition coefficient (Wildman–Crippen LogP) is 3.25. The maximum Gasteiger partial charge on any atom is 0.180 e. The van der Waals surface area contributed by atoms with Crippen molar-refractivity contribution in [3.63, 3.8) is 0 Å². The minimum atomic E-state index is -0.0665. The molecule has 0 heterocycles. The van der Waals surface area contributed by atoms with Gasteiger partial charge in [0.2, 0.25) is 0 Å². The van der Waals surface area contributed by atoms with Crippen molar-refractivity contribution in [3.05, 3.63) is 27.7 Å². The minimum Gasteiger partial charge on any atom is -0.290 e. The van der Waals surface area contributed by atoms with Gasteiger partial charge in [0, 0.05) is 10.5 Å². The molecule has 0 aliphatic rings. The summed E-state index contributed by atoms with van der Waals surface area (Å²) in [5.41, 5.74) is 0. The lowest BCUT2D eigenvalue weighted by atomic mass is 10.3. The summed E-state index contributed by atoms with van der Waals surface area (Å²) in [6.45, 7) is 0. The summed E-state index contributed by atoms with van der Waals surface area (Å²) >= 11 is 8.73. The number of benzene rings is 1. The van der Waals surface area contributed by atoms with E-state index in [-0.39, 0.29) is 5.75 Å². The van der Waals surface area contributed by atoms with E-state index in [9.17, 15) is 5.11 Å². The number of hydrogen-bond acceptors (Lipinski definition) is 0. The topological polar surface area (TPSA) is 19.9 Å². The predicted molar refractivity (Wildman–Crippen MR) is 39.3 cm³/mol. The van der Waals surface area contributed by atoms with Crippen LogP contribution in [0, 0.1) is 0 Å². The van der Waals surface area contributed by atoms with Gasteiger partial charge in [0.05, 0.1) is 5.02 Å². The van der Waals surface area contributed by atoms with Crippen LogP contribution in [0.2, 0.25) is 5.02 Å². The van der Waals surface area contributed by atoms with Crippen LogP contribution in [-0.2, 0) is 5.11 Å². The molecule has 9 heavy (non-hydrogen) atoms. The van der Waals surface area contributed by atoms with Crippen LogP contribution in [0.3, 0.4) is 0 Å². The highest BCUT2D eigenvalue weighted by Crippen LogP contribution is 2.25. The first-order valence-corrected chi connectivity index (χ1v) is 3.49. The highest BCUT2D eigenvalue weighted by molar-refractivity contribution is 9.10. The minimum absolute atomic E-state index is 0.0665. The van der Waals surface area contributed by atoms with Crippen LogP contribution in [0.15, 0.2) is 22.7 Å². The average Bonchev–Trinajstić information content (AvgIpc) is 1.80. The maximum absolute atomic E-state index is 10.5. The summed E-state index contributed by atoms with van der Waals surface area (Å²) in [5.74, 6) is -0.0665. The summed E-state index contributed by atoms with van der Waals surface area (Å²) in [7, 11) is 0. The lowest BCUT2D eigenvalue weighted by Gasteiger charge is -1.91. The third-order valence-corrected chi connectivity index (χ3v) is 2.12. The van der Waals surface area contributed by atoms with Crippen molar-refractivity contribution in [1.29, 1.82) is 0 Å². The first-order valence-electron chi connectivity index (χ1n) is 2.32. The Labute approximate surface area is 66.4 Å². The van der Waals surface area contributed by atoms with E-state index in [4.69, 9.17) is 11.6 Å². The second-order valence-electron chi connectivity index (χ2n) is 1.58. The highest BCUT2D eigenvalue weighted by Gasteiger charge is 1.96. The first kappa shape index (κ1) is 6.90. The molecule has 0 aliphatic carbocycles. The van der Waals surface area contributed by atoms with Crippen LogP contribution in [0.25, 0.3) is 0 Å². The normalized spacial score (nSPS) is 9.56. The zero-order valence-corrected chi connectivity index (χ0v) is 6.74. The summed E-state index contributed by atoms with van der Waals surface area (Å²) in [6.07, 6.45) is 0. The summed E-state index contributed by atoms with van der Waals surface area (Å²) in [6, 6.07) is 4.45. The van der Waals surface area contributed by atoms with Crippen LogP contribution >= 0.6 is 27.5 Å². The molecule has 0 saturated heterocycles. The highest BCUT2D eigenvalue weighted by atomic mass is 79.9. The standard InChI is InChI=1S/C6H3BrClO/c7-5-2-1-4(9)3-6(5)8/h1-3H. The largest absolute Gasteiger partial charge is 0.290 e. The fourth-order valence-corrected chi connectivity index (χ4v) is 0.894. The van der Waals surface area contributed by atoms with E-state index >= 15 is 0 Å². The monoisotopic (exact) mass is 205 g/mol. The Morgan fingerprint density at radius 3 is 2.56 bits per heavy atom. The molecule has 1 aromatic rings. The van der Waals surface area contributed by atoms with Crippen molar-refractivity contribution in [1.82, 2.24) is 0 Å². The maximum atomic E-state index is 10.5. The van der Waals surface area contributed by atoms with Gasteiger partial charge < -0.3 is 0 Å². The van der Waals surface area contributed by atoms with E-state index in [2.05, 4.69) is 15.9 Å². The van der Waals surface area contributed by atoms with E-state index < -0.39 is 0 Å². The van der Waals surface area contributed by atoms with Crippen LogP contribution in [-0.4, -0.2) is 0 Å². The quantitative estimate of drug-likeness (QED) is 0.621. The van der Waals surface area contributed by atoms with Gasteiger partial charge in [-0.3, -0.25) is 5.11 Å². The zero-order valence-electron chi connectivity index (χ0n) is 4.40. The van der Waals surface area contributed by atoms with Gasteiger partial charge in [0.25, 0.3) is 0 Å². The number of rotatable bonds is 0. The molecular formula is C6H3BrClO. The van der Waals surface area contributed by atoms with Crippen molar-refractivity contribution in [2.45, 2.75) is 0 Å². The summed E-state index contributed by atoms with van der Waals surface area (Å²) in [4.78, 5) is 0. The van der Waals surface area contributed by atoms with Crippen LogP contribution in [0.5, 0.6) is 5.75 Å². The lowest BCUT2D eigenvalue weighted by molar-refractivity contribution is 0.355. The molecular weight excluding hydrogens is 203 g/mol. The molecule has 0 unspecified atom stereocenters. The molecule has 0 fully saturated rings. The Hall–Kier alpha value is -0.210. The fourth-order valence-electron chi connectivity index (χ4n) is 0.477. The van der Waals surface area contributed by atoms with Gasteiger partial charge in [-0.15, -0.1) is 0 Å². The van der Waals surface area contributed by atoms with Gasteiger partial charge in [0.15, 0.2) is 5.75 Å². The van der Waals surface area contributed by atoms with E-state index in [1.165, 1.54) is 12.1 Å². The molecule has 0 atom stereocenters. The van der Waals surface area contributed by atoms with Crippen LogP contribution in [0.4, 0.5) is 0 Å². The molecule has 0 spiro atoms. The SMILES string of the molecule is [O]c1ccc(Br)c(Cl)c1. The van der Waals surface area contributed by atoms with E-state index in [1.807, 2.05) is 0 Å². The molecule has 0 aliphatic heterocycles. The lowest BCUT2D eigenvalue weighted by Crippen LogP contribution is -1.65. The van der Waals surface area contributed by atoms with E-state index in [0.29, 0.717) is 5.02 Å². The van der Waals surface area contributed by atoms with Gasteiger partial charge in [-0.05, 0) is 28.1 Å². The third kappa shape index (κ3) is 1.60. The molecule has 0 bridgehead atoms. The van der Waals surface area contributed by atoms with Gasteiger partial charge in [-0.25, -0.2) is 0 Å². The first-order chi connectivity index (χ1) is 4.20. The second kappa shape index (κ2) is 2.58. The van der Waals surface area contributed by atoms with Gasteiger partial charge >= 0.3 is 0 Å².